The molecule has 0 fully saturated rings. The van der Waals surface area contributed by atoms with Gasteiger partial charge in [-0.3, -0.25) is 24.0 Å². The van der Waals surface area contributed by atoms with Crippen LogP contribution < -0.4 is 33.2 Å². The topological polar surface area (TPSA) is 257 Å². The molecule has 5 amide bonds. The molecule has 0 bridgehead atoms. The summed E-state index contributed by atoms with van der Waals surface area (Å²) >= 11 is 0. The standard InChI is InChI=1S/C28H36N6O8/c29-19(10-12-23(30)36)25(38)33-21(14-16-4-2-1-3-5-16)27(40)32-20(11-13-24(31)37)26(39)34-22(28(41)42)15-17-6-8-18(35)9-7-17/h1-9,19-22,35H,10-15,29H2,(H2,30,36)(H2,31,37)(H,32,40)(H,33,38)(H,34,39)(H,41,42). The van der Waals surface area contributed by atoms with Gasteiger partial charge in [-0.15, -0.1) is 0 Å². The average molecular weight is 585 g/mol. The third-order valence-electron chi connectivity index (χ3n) is 6.26. The fraction of sp³-hybridized carbons (Fsp3) is 0.357. The largest absolute Gasteiger partial charge is 0.508 e. The van der Waals surface area contributed by atoms with Crippen molar-refractivity contribution in [3.8, 4) is 5.75 Å². The van der Waals surface area contributed by atoms with E-state index in [9.17, 15) is 39.0 Å². The number of hydrogen-bond donors (Lipinski definition) is 8. The summed E-state index contributed by atoms with van der Waals surface area (Å²) in [4.78, 5) is 73.7. The normalized spacial score (nSPS) is 13.5. The lowest BCUT2D eigenvalue weighted by atomic mass is 10.0. The summed E-state index contributed by atoms with van der Waals surface area (Å²) in [6.07, 6.45) is -0.877. The van der Waals surface area contributed by atoms with Crippen LogP contribution in [0.5, 0.6) is 5.75 Å². The molecule has 0 saturated heterocycles. The van der Waals surface area contributed by atoms with Crippen molar-refractivity contribution < 1.29 is 39.0 Å². The maximum absolute atomic E-state index is 13.4. The third-order valence-corrected chi connectivity index (χ3v) is 6.26. The molecule has 0 aromatic heterocycles. The van der Waals surface area contributed by atoms with Crippen LogP contribution >= 0.6 is 0 Å². The molecule has 2 rings (SSSR count). The van der Waals surface area contributed by atoms with Crippen LogP contribution in [0.4, 0.5) is 0 Å². The number of carbonyl (C=O) groups is 6. The Morgan fingerprint density at radius 3 is 1.69 bits per heavy atom. The van der Waals surface area contributed by atoms with E-state index in [0.717, 1.165) is 0 Å². The molecule has 2 aromatic rings. The highest BCUT2D eigenvalue weighted by Gasteiger charge is 2.31. The monoisotopic (exact) mass is 584 g/mol. The van der Waals surface area contributed by atoms with Gasteiger partial charge in [-0.05, 0) is 36.1 Å². The first-order chi connectivity index (χ1) is 19.8. The maximum Gasteiger partial charge on any atom is 0.326 e. The second kappa shape index (κ2) is 16.3. The lowest BCUT2D eigenvalue weighted by Crippen LogP contribution is -2.58. The highest BCUT2D eigenvalue weighted by atomic mass is 16.4. The molecular weight excluding hydrogens is 548 g/mol. The molecule has 0 aliphatic heterocycles. The minimum Gasteiger partial charge on any atom is -0.508 e. The van der Waals surface area contributed by atoms with Crippen LogP contribution in [0.25, 0.3) is 0 Å². The molecule has 4 unspecified atom stereocenters. The van der Waals surface area contributed by atoms with Crippen molar-refractivity contribution in [3.63, 3.8) is 0 Å². The quantitative estimate of drug-likeness (QED) is 0.108. The molecule has 0 aliphatic rings. The molecule has 0 spiro atoms. The molecule has 226 valence electrons. The number of amides is 5. The van der Waals surface area contributed by atoms with Gasteiger partial charge in [-0.1, -0.05) is 42.5 Å². The van der Waals surface area contributed by atoms with Crippen molar-refractivity contribution in [2.45, 2.75) is 62.7 Å². The first-order valence-corrected chi connectivity index (χ1v) is 13.1. The predicted molar refractivity (Wildman–Crippen MR) is 150 cm³/mol. The van der Waals surface area contributed by atoms with Crippen molar-refractivity contribution in [2.75, 3.05) is 0 Å². The van der Waals surface area contributed by atoms with Gasteiger partial charge in [0.25, 0.3) is 0 Å². The summed E-state index contributed by atoms with van der Waals surface area (Å²) in [5.74, 6) is -5.19. The number of aliphatic carboxylic acids is 1. The van der Waals surface area contributed by atoms with Gasteiger partial charge in [-0.25, -0.2) is 4.79 Å². The minimum atomic E-state index is -1.40. The Labute approximate surface area is 242 Å². The van der Waals surface area contributed by atoms with Crippen LogP contribution in [0.15, 0.2) is 54.6 Å². The number of carboxylic acids is 1. The number of phenols is 1. The number of carboxylic acid groups (broad SMARTS) is 1. The van der Waals surface area contributed by atoms with Crippen LogP contribution in [0, 0.1) is 0 Å². The minimum absolute atomic E-state index is 0.00369. The van der Waals surface area contributed by atoms with Crippen molar-refractivity contribution in [3.05, 3.63) is 65.7 Å². The second-order valence-corrected chi connectivity index (χ2v) is 9.70. The molecule has 4 atom stereocenters. The zero-order valence-electron chi connectivity index (χ0n) is 22.8. The summed E-state index contributed by atoms with van der Waals surface area (Å²) in [5, 5.41) is 26.5. The fourth-order valence-electron chi connectivity index (χ4n) is 3.93. The van der Waals surface area contributed by atoms with Gasteiger partial charge in [0.15, 0.2) is 0 Å². The Balaban J connectivity index is 2.23. The lowest BCUT2D eigenvalue weighted by Gasteiger charge is -2.25. The van der Waals surface area contributed by atoms with Crippen LogP contribution in [0.3, 0.4) is 0 Å². The number of hydrogen-bond acceptors (Lipinski definition) is 8. The molecule has 0 heterocycles. The second-order valence-electron chi connectivity index (χ2n) is 9.70. The van der Waals surface area contributed by atoms with Gasteiger partial charge in [-0.2, -0.15) is 0 Å². The van der Waals surface area contributed by atoms with Gasteiger partial charge >= 0.3 is 5.97 Å². The molecule has 42 heavy (non-hydrogen) atoms. The maximum atomic E-state index is 13.4. The summed E-state index contributed by atoms with van der Waals surface area (Å²) in [6, 6.07) is 9.23. The number of nitrogens with one attached hydrogen (secondary N) is 3. The first kappa shape index (κ1) is 33.2. The molecule has 2 aromatic carbocycles. The number of benzene rings is 2. The molecule has 14 heteroatoms. The third kappa shape index (κ3) is 11.6. The Hall–Kier alpha value is -4.98. The van der Waals surface area contributed by atoms with Gasteiger partial charge in [0.1, 0.15) is 23.9 Å². The number of rotatable bonds is 17. The molecular formula is C28H36N6O8. The van der Waals surface area contributed by atoms with E-state index >= 15 is 0 Å². The Bertz CT molecular complexity index is 1250. The molecule has 0 aliphatic carbocycles. The highest BCUT2D eigenvalue weighted by molar-refractivity contribution is 5.94. The zero-order valence-corrected chi connectivity index (χ0v) is 22.8. The fourth-order valence-corrected chi connectivity index (χ4v) is 3.93. The van der Waals surface area contributed by atoms with Crippen molar-refractivity contribution in [1.29, 1.82) is 0 Å². The summed E-state index contributed by atoms with van der Waals surface area (Å²) in [7, 11) is 0. The SMILES string of the molecule is NC(=O)CCC(N)C(=O)NC(Cc1ccccc1)C(=O)NC(CCC(N)=O)C(=O)NC(Cc1ccc(O)cc1)C(=O)O. The lowest BCUT2D eigenvalue weighted by molar-refractivity contribution is -0.142. The Kier molecular flexibility index (Phi) is 12.9. The highest BCUT2D eigenvalue weighted by Crippen LogP contribution is 2.12. The van der Waals surface area contributed by atoms with E-state index in [1.807, 2.05) is 0 Å². The van der Waals surface area contributed by atoms with E-state index in [4.69, 9.17) is 17.2 Å². The predicted octanol–water partition coefficient (Wildman–Crippen LogP) is -1.43. The van der Waals surface area contributed by atoms with Gasteiger partial charge in [0.05, 0.1) is 6.04 Å². The van der Waals surface area contributed by atoms with Crippen LogP contribution in [0.2, 0.25) is 0 Å². The molecule has 0 radical (unpaired) electrons. The molecule has 14 nitrogen and oxygen atoms in total. The Morgan fingerprint density at radius 1 is 0.643 bits per heavy atom. The van der Waals surface area contributed by atoms with Crippen molar-refractivity contribution >= 4 is 35.5 Å². The smallest absolute Gasteiger partial charge is 0.326 e. The first-order valence-electron chi connectivity index (χ1n) is 13.1. The van der Waals surface area contributed by atoms with E-state index in [1.54, 1.807) is 30.3 Å². The van der Waals surface area contributed by atoms with E-state index in [0.29, 0.717) is 11.1 Å². The van der Waals surface area contributed by atoms with Crippen LogP contribution in [0.1, 0.15) is 36.8 Å². The van der Waals surface area contributed by atoms with E-state index in [2.05, 4.69) is 16.0 Å². The number of primary amides is 2. The van der Waals surface area contributed by atoms with Gasteiger partial charge in [0, 0.05) is 25.7 Å². The number of nitrogens with two attached hydrogens (primary N) is 3. The van der Waals surface area contributed by atoms with Crippen LogP contribution in [-0.4, -0.2) is 69.9 Å². The number of aromatic hydroxyl groups is 1. The zero-order chi connectivity index (χ0) is 31.2. The molecule has 0 saturated carbocycles. The van der Waals surface area contributed by atoms with Crippen molar-refractivity contribution in [2.24, 2.45) is 17.2 Å². The van der Waals surface area contributed by atoms with Gasteiger partial charge < -0.3 is 43.4 Å². The Morgan fingerprint density at radius 2 is 1.12 bits per heavy atom. The number of carbonyl (C=O) groups excluding carboxylic acids is 5. The van der Waals surface area contributed by atoms with E-state index in [1.165, 1.54) is 24.3 Å². The van der Waals surface area contributed by atoms with E-state index < -0.39 is 59.7 Å². The van der Waals surface area contributed by atoms with Crippen LogP contribution in [-0.2, 0) is 41.6 Å². The summed E-state index contributed by atoms with van der Waals surface area (Å²) < 4.78 is 0. The summed E-state index contributed by atoms with van der Waals surface area (Å²) in [5.41, 5.74) is 17.4. The van der Waals surface area contributed by atoms with Gasteiger partial charge in [0.2, 0.25) is 29.5 Å². The average Bonchev–Trinajstić information content (AvgIpc) is 2.94. The van der Waals surface area contributed by atoms with Crippen molar-refractivity contribution in [1.82, 2.24) is 16.0 Å². The molecule has 11 N–H and O–H groups in total. The summed E-state index contributed by atoms with van der Waals surface area (Å²) in [6.45, 7) is 0. The number of phenolic OH excluding ortho intramolecular Hbond substituents is 1. The van der Waals surface area contributed by atoms with E-state index in [-0.39, 0.29) is 44.3 Å².